The third kappa shape index (κ3) is 4.08. The Hall–Kier alpha value is -4.38. The largest absolute Gasteiger partial charge is 0.488 e. The Labute approximate surface area is 191 Å². The van der Waals surface area contributed by atoms with E-state index in [0.717, 1.165) is 16.3 Å². The van der Waals surface area contributed by atoms with Crippen LogP contribution in [0.5, 0.6) is 5.75 Å². The fourth-order valence-electron chi connectivity index (χ4n) is 3.86. The van der Waals surface area contributed by atoms with Crippen molar-refractivity contribution in [3.8, 4) is 5.75 Å². The summed E-state index contributed by atoms with van der Waals surface area (Å²) >= 11 is 0. The van der Waals surface area contributed by atoms with Gasteiger partial charge in [0, 0.05) is 5.56 Å². The van der Waals surface area contributed by atoms with Gasteiger partial charge in [-0.15, -0.1) is 0 Å². The van der Waals surface area contributed by atoms with E-state index < -0.39 is 11.8 Å². The van der Waals surface area contributed by atoms with E-state index in [9.17, 15) is 9.59 Å². The van der Waals surface area contributed by atoms with Crippen molar-refractivity contribution in [2.45, 2.75) is 13.5 Å². The van der Waals surface area contributed by atoms with Gasteiger partial charge < -0.3 is 4.74 Å². The van der Waals surface area contributed by atoms with Gasteiger partial charge in [-0.05, 0) is 47.5 Å². The van der Waals surface area contributed by atoms with Crippen LogP contribution in [0.15, 0.2) is 96.6 Å². The molecule has 162 valence electrons. The smallest absolute Gasteiger partial charge is 0.282 e. The fraction of sp³-hybridized carbons (Fsp3) is 0.0714. The van der Waals surface area contributed by atoms with Gasteiger partial charge in [0.25, 0.3) is 11.8 Å². The van der Waals surface area contributed by atoms with Crippen LogP contribution in [-0.2, 0) is 16.2 Å². The number of hydrazine groups is 1. The first kappa shape index (κ1) is 20.5. The predicted octanol–water partition coefficient (Wildman–Crippen LogP) is 5.19. The van der Waals surface area contributed by atoms with Gasteiger partial charge in [-0.3, -0.25) is 15.0 Å². The molecule has 1 saturated heterocycles. The number of para-hydroxylation sites is 1. The third-order valence-corrected chi connectivity index (χ3v) is 5.64. The van der Waals surface area contributed by atoms with Crippen molar-refractivity contribution < 1.29 is 14.3 Å². The molecule has 1 heterocycles. The van der Waals surface area contributed by atoms with Crippen LogP contribution in [0.1, 0.15) is 16.7 Å². The first-order valence-electron chi connectivity index (χ1n) is 10.7. The SMILES string of the molecule is Cc1ccc(COc2ccc3ccccc3c2C=C2C(=O)NN(c3ccccc3)C2=O)cc1. The summed E-state index contributed by atoms with van der Waals surface area (Å²) in [6, 6.07) is 28.9. The minimum atomic E-state index is -0.443. The molecule has 0 aliphatic carbocycles. The molecule has 1 aliphatic heterocycles. The standard InChI is InChI=1S/C28H22N2O3/c1-19-11-13-20(14-12-19)18-33-26-16-15-21-7-5-6-10-23(21)24(26)17-25-27(31)29-30(28(25)32)22-8-3-2-4-9-22/h2-17H,18H2,1H3,(H,29,31). The number of nitrogens with zero attached hydrogens (tertiary/aromatic N) is 1. The highest BCUT2D eigenvalue weighted by Crippen LogP contribution is 2.32. The number of carbonyl (C=O) groups is 2. The number of nitrogens with one attached hydrogen (secondary N) is 1. The van der Waals surface area contributed by atoms with Crippen molar-refractivity contribution in [1.82, 2.24) is 5.43 Å². The molecule has 1 fully saturated rings. The molecule has 0 saturated carbocycles. The second-order valence-corrected chi connectivity index (χ2v) is 7.95. The van der Waals surface area contributed by atoms with Crippen LogP contribution in [-0.4, -0.2) is 11.8 Å². The van der Waals surface area contributed by atoms with E-state index in [0.29, 0.717) is 23.6 Å². The lowest BCUT2D eigenvalue weighted by molar-refractivity contribution is -0.117. The Bertz CT molecular complexity index is 1380. The summed E-state index contributed by atoms with van der Waals surface area (Å²) in [5, 5.41) is 3.18. The molecule has 5 rings (SSSR count). The second kappa shape index (κ2) is 8.63. The first-order chi connectivity index (χ1) is 16.1. The number of carbonyl (C=O) groups excluding carboxylic acids is 2. The first-order valence-corrected chi connectivity index (χ1v) is 10.7. The number of ether oxygens (including phenoxy) is 1. The monoisotopic (exact) mass is 434 g/mol. The van der Waals surface area contributed by atoms with Gasteiger partial charge in [-0.25, -0.2) is 5.01 Å². The van der Waals surface area contributed by atoms with Crippen LogP contribution >= 0.6 is 0 Å². The Morgan fingerprint density at radius 2 is 1.58 bits per heavy atom. The van der Waals surface area contributed by atoms with Crippen molar-refractivity contribution in [2.24, 2.45) is 0 Å². The highest BCUT2D eigenvalue weighted by Gasteiger charge is 2.34. The summed E-state index contributed by atoms with van der Waals surface area (Å²) < 4.78 is 6.16. The molecule has 1 N–H and O–H groups in total. The lowest BCUT2D eigenvalue weighted by atomic mass is 10.0. The second-order valence-electron chi connectivity index (χ2n) is 7.95. The topological polar surface area (TPSA) is 58.6 Å². The molecule has 0 radical (unpaired) electrons. The van der Waals surface area contributed by atoms with E-state index in [1.807, 2.05) is 85.8 Å². The zero-order valence-electron chi connectivity index (χ0n) is 18.1. The maximum absolute atomic E-state index is 13.1. The number of rotatable bonds is 5. The highest BCUT2D eigenvalue weighted by atomic mass is 16.5. The van der Waals surface area contributed by atoms with Crippen LogP contribution < -0.4 is 15.2 Å². The lowest BCUT2D eigenvalue weighted by Gasteiger charge is -2.14. The quantitative estimate of drug-likeness (QED) is 0.347. The minimum absolute atomic E-state index is 0.0652. The average Bonchev–Trinajstić information content (AvgIpc) is 3.13. The molecule has 0 aromatic heterocycles. The number of fused-ring (bicyclic) bond motifs is 1. The molecular formula is C28H22N2O3. The van der Waals surface area contributed by atoms with E-state index >= 15 is 0 Å². The van der Waals surface area contributed by atoms with E-state index in [1.165, 1.54) is 10.6 Å². The molecule has 4 aromatic carbocycles. The molecule has 2 amide bonds. The fourth-order valence-corrected chi connectivity index (χ4v) is 3.86. The summed E-state index contributed by atoms with van der Waals surface area (Å²) in [7, 11) is 0. The van der Waals surface area contributed by atoms with Gasteiger partial charge in [-0.2, -0.15) is 0 Å². The number of hydrogen-bond donors (Lipinski definition) is 1. The van der Waals surface area contributed by atoms with Gasteiger partial charge in [-0.1, -0.05) is 78.4 Å². The van der Waals surface area contributed by atoms with Gasteiger partial charge in [0.1, 0.15) is 17.9 Å². The maximum Gasteiger partial charge on any atom is 0.282 e. The zero-order valence-corrected chi connectivity index (χ0v) is 18.1. The predicted molar refractivity (Wildman–Crippen MR) is 130 cm³/mol. The molecule has 33 heavy (non-hydrogen) atoms. The summed E-state index contributed by atoms with van der Waals surface area (Å²) in [4.78, 5) is 25.9. The summed E-state index contributed by atoms with van der Waals surface area (Å²) in [5.74, 6) is -0.231. The van der Waals surface area contributed by atoms with E-state index in [1.54, 1.807) is 18.2 Å². The van der Waals surface area contributed by atoms with Crippen LogP contribution in [0, 0.1) is 6.92 Å². The molecule has 0 bridgehead atoms. The number of hydrogen-bond acceptors (Lipinski definition) is 3. The van der Waals surface area contributed by atoms with Crippen LogP contribution in [0.2, 0.25) is 0 Å². The van der Waals surface area contributed by atoms with E-state index in [-0.39, 0.29) is 5.57 Å². The molecule has 5 heteroatoms. The third-order valence-electron chi connectivity index (χ3n) is 5.64. The molecule has 0 unspecified atom stereocenters. The normalized spacial score (nSPS) is 14.7. The number of benzene rings is 4. The number of aryl methyl sites for hydroxylation is 1. The minimum Gasteiger partial charge on any atom is -0.488 e. The van der Waals surface area contributed by atoms with Gasteiger partial charge >= 0.3 is 0 Å². The molecule has 4 aromatic rings. The zero-order chi connectivity index (χ0) is 22.8. The number of anilines is 1. The Kier molecular flexibility index (Phi) is 5.37. The number of amides is 2. The summed E-state index contributed by atoms with van der Waals surface area (Å²) in [6.07, 6.45) is 1.63. The maximum atomic E-state index is 13.1. The van der Waals surface area contributed by atoms with Crippen molar-refractivity contribution in [1.29, 1.82) is 0 Å². The van der Waals surface area contributed by atoms with Crippen molar-refractivity contribution in [3.63, 3.8) is 0 Å². The highest BCUT2D eigenvalue weighted by molar-refractivity contribution is 6.32. The Morgan fingerprint density at radius 1 is 0.848 bits per heavy atom. The van der Waals surface area contributed by atoms with Crippen LogP contribution in [0.25, 0.3) is 16.8 Å². The summed E-state index contributed by atoms with van der Waals surface area (Å²) in [5.41, 5.74) is 6.25. The van der Waals surface area contributed by atoms with Crippen molar-refractivity contribution >= 4 is 34.4 Å². The van der Waals surface area contributed by atoms with Crippen LogP contribution in [0.3, 0.4) is 0 Å². The van der Waals surface area contributed by atoms with Crippen molar-refractivity contribution in [3.05, 3.63) is 113 Å². The molecule has 0 spiro atoms. The molecule has 0 atom stereocenters. The van der Waals surface area contributed by atoms with Crippen molar-refractivity contribution in [2.75, 3.05) is 5.01 Å². The molecular weight excluding hydrogens is 412 g/mol. The van der Waals surface area contributed by atoms with E-state index in [2.05, 4.69) is 5.43 Å². The van der Waals surface area contributed by atoms with Crippen LogP contribution in [0.4, 0.5) is 5.69 Å². The average molecular weight is 434 g/mol. The van der Waals surface area contributed by atoms with Gasteiger partial charge in [0.2, 0.25) is 0 Å². The summed E-state index contributed by atoms with van der Waals surface area (Å²) in [6.45, 7) is 2.42. The van der Waals surface area contributed by atoms with E-state index in [4.69, 9.17) is 4.74 Å². The Balaban J connectivity index is 1.54. The van der Waals surface area contributed by atoms with Gasteiger partial charge in [0.15, 0.2) is 0 Å². The lowest BCUT2D eigenvalue weighted by Crippen LogP contribution is -2.35. The van der Waals surface area contributed by atoms with Gasteiger partial charge in [0.05, 0.1) is 5.69 Å². The molecule has 1 aliphatic rings. The Morgan fingerprint density at radius 3 is 2.36 bits per heavy atom. The molecule has 5 nitrogen and oxygen atoms in total.